The van der Waals surface area contributed by atoms with Crippen LogP contribution in [0.15, 0.2) is 0 Å². The second-order valence-electron chi connectivity index (χ2n) is 6.88. The van der Waals surface area contributed by atoms with Gasteiger partial charge in [-0.2, -0.15) is 0 Å². The van der Waals surface area contributed by atoms with Crippen molar-refractivity contribution < 1.29 is 29.4 Å². The summed E-state index contributed by atoms with van der Waals surface area (Å²) in [5, 5.41) is 18.8. The minimum atomic E-state index is -1.92. The van der Waals surface area contributed by atoms with Crippen molar-refractivity contribution in [3.05, 3.63) is 0 Å². The van der Waals surface area contributed by atoms with E-state index >= 15 is 0 Å². The fourth-order valence-electron chi connectivity index (χ4n) is 3.89. The summed E-state index contributed by atoms with van der Waals surface area (Å²) in [6.07, 6.45) is 1.44. The first-order chi connectivity index (χ1) is 11.7. The number of Topliss-reactive ketones (excluding diaryl/α,β-unsaturated/α-hetero) is 1. The number of carbonyl (C=O) groups is 4. The second-order valence-corrected chi connectivity index (χ2v) is 6.88. The molecule has 0 spiro atoms. The zero-order chi connectivity index (χ0) is 18.8. The number of nitrogens with zero attached hydrogens (tertiary/aromatic N) is 2. The Hall–Kier alpha value is -2.00. The van der Waals surface area contributed by atoms with E-state index in [9.17, 15) is 24.3 Å². The van der Waals surface area contributed by atoms with Crippen molar-refractivity contribution in [2.45, 2.75) is 56.7 Å². The molecule has 0 aromatic heterocycles. The number of ketones is 1. The van der Waals surface area contributed by atoms with Gasteiger partial charge in [0.2, 0.25) is 11.4 Å². The topological polar surface area (TPSA) is 141 Å². The van der Waals surface area contributed by atoms with Crippen molar-refractivity contribution in [3.8, 4) is 0 Å². The van der Waals surface area contributed by atoms with E-state index in [4.69, 9.17) is 10.8 Å². The summed E-state index contributed by atoms with van der Waals surface area (Å²) in [4.78, 5) is 51.3. The molecule has 0 saturated carbocycles. The molecule has 25 heavy (non-hydrogen) atoms. The third-order valence-electron chi connectivity index (χ3n) is 4.94. The van der Waals surface area contributed by atoms with Gasteiger partial charge in [-0.1, -0.05) is 0 Å². The Bertz CT molecular complexity index is 578. The number of carboxylic acid groups (broad SMARTS) is 2. The number of hydrogen-bond donors (Lipinski definition) is 3. The number of hydrogen-bond acceptors (Lipinski definition) is 6. The first kappa shape index (κ1) is 19.3. The molecule has 0 bridgehead atoms. The zero-order valence-electron chi connectivity index (χ0n) is 14.3. The average Bonchev–Trinajstić information content (AvgIpc) is 3.12. The average molecular weight is 355 g/mol. The van der Waals surface area contributed by atoms with Gasteiger partial charge in [0.15, 0.2) is 5.78 Å². The lowest BCUT2D eigenvalue weighted by atomic mass is 9.85. The molecule has 2 rings (SSSR count). The van der Waals surface area contributed by atoms with Crippen LogP contribution in [0.25, 0.3) is 0 Å². The predicted molar refractivity (Wildman–Crippen MR) is 86.8 cm³/mol. The smallest absolute Gasteiger partial charge is 0.337 e. The van der Waals surface area contributed by atoms with E-state index in [-0.39, 0.29) is 25.9 Å². The molecular weight excluding hydrogens is 330 g/mol. The molecule has 4 N–H and O–H groups in total. The highest BCUT2D eigenvalue weighted by Gasteiger charge is 2.58. The lowest BCUT2D eigenvalue weighted by Gasteiger charge is -2.37. The van der Waals surface area contributed by atoms with Gasteiger partial charge in [0.25, 0.3) is 0 Å². The summed E-state index contributed by atoms with van der Waals surface area (Å²) in [5.41, 5.74) is 3.73. The van der Waals surface area contributed by atoms with E-state index in [0.717, 1.165) is 4.90 Å². The lowest BCUT2D eigenvalue weighted by Crippen LogP contribution is -2.63. The van der Waals surface area contributed by atoms with E-state index in [2.05, 4.69) is 0 Å². The van der Waals surface area contributed by atoms with Gasteiger partial charge in [0, 0.05) is 19.0 Å². The van der Waals surface area contributed by atoms with Gasteiger partial charge in [0.1, 0.15) is 0 Å². The fourth-order valence-corrected chi connectivity index (χ4v) is 3.89. The molecule has 0 radical (unpaired) electrons. The van der Waals surface area contributed by atoms with Gasteiger partial charge in [-0.15, -0.1) is 0 Å². The summed E-state index contributed by atoms with van der Waals surface area (Å²) in [5.74, 6) is -3.46. The molecule has 0 aliphatic carbocycles. The van der Waals surface area contributed by atoms with Gasteiger partial charge in [-0.3, -0.25) is 19.3 Å². The van der Waals surface area contributed by atoms with Crippen LogP contribution in [-0.2, 0) is 19.2 Å². The van der Waals surface area contributed by atoms with E-state index in [1.54, 1.807) is 6.92 Å². The first-order valence-corrected chi connectivity index (χ1v) is 8.49. The third-order valence-corrected chi connectivity index (χ3v) is 4.94. The Labute approximate surface area is 145 Å². The highest BCUT2D eigenvalue weighted by Crippen LogP contribution is 2.35. The summed E-state index contributed by atoms with van der Waals surface area (Å²) in [7, 11) is 0. The number of rotatable bonds is 7. The van der Waals surface area contributed by atoms with E-state index in [0.29, 0.717) is 25.8 Å². The largest absolute Gasteiger partial charge is 0.480 e. The van der Waals surface area contributed by atoms with Crippen LogP contribution in [0.4, 0.5) is 0 Å². The summed E-state index contributed by atoms with van der Waals surface area (Å²) in [6.45, 7) is 1.94. The van der Waals surface area contributed by atoms with Gasteiger partial charge < -0.3 is 20.8 Å². The molecule has 2 fully saturated rings. The molecular formula is C16H25N3O6. The molecule has 140 valence electrons. The Kier molecular flexibility index (Phi) is 5.79. The Morgan fingerprint density at radius 3 is 2.44 bits per heavy atom. The lowest BCUT2D eigenvalue weighted by molar-refractivity contribution is -0.163. The van der Waals surface area contributed by atoms with Crippen LogP contribution >= 0.6 is 0 Å². The number of likely N-dealkylation sites (tertiary alicyclic amines) is 2. The number of nitrogens with two attached hydrogens (primary N) is 1. The summed E-state index contributed by atoms with van der Waals surface area (Å²) < 4.78 is 0. The van der Waals surface area contributed by atoms with Crippen LogP contribution in [0.5, 0.6) is 0 Å². The molecule has 2 heterocycles. The van der Waals surface area contributed by atoms with Crippen molar-refractivity contribution in [2.24, 2.45) is 5.73 Å². The van der Waals surface area contributed by atoms with Gasteiger partial charge in [-0.25, -0.2) is 4.79 Å². The molecule has 2 aliphatic rings. The molecule has 0 aromatic carbocycles. The quantitative estimate of drug-likeness (QED) is 0.508. The molecule has 2 aliphatic heterocycles. The van der Waals surface area contributed by atoms with Crippen LogP contribution in [0.1, 0.15) is 39.0 Å². The van der Waals surface area contributed by atoms with Crippen molar-refractivity contribution in [3.63, 3.8) is 0 Å². The minimum Gasteiger partial charge on any atom is -0.480 e. The van der Waals surface area contributed by atoms with Crippen molar-refractivity contribution in [1.82, 2.24) is 9.80 Å². The van der Waals surface area contributed by atoms with Crippen LogP contribution < -0.4 is 5.73 Å². The molecule has 1 amide bonds. The second kappa shape index (κ2) is 7.49. The number of amides is 1. The van der Waals surface area contributed by atoms with Crippen LogP contribution in [0.3, 0.4) is 0 Å². The minimum absolute atomic E-state index is 0.0359. The third kappa shape index (κ3) is 3.67. The fraction of sp³-hybridized carbons (Fsp3) is 0.750. The molecule has 0 aromatic rings. The number of carbonyl (C=O) groups excluding carboxylic acids is 2. The summed E-state index contributed by atoms with van der Waals surface area (Å²) in [6, 6.07) is -1.24. The van der Waals surface area contributed by atoms with E-state index < -0.39 is 41.3 Å². The highest BCUT2D eigenvalue weighted by molar-refractivity contribution is 6.13. The van der Waals surface area contributed by atoms with E-state index in [1.165, 1.54) is 4.90 Å². The molecule has 2 saturated heterocycles. The first-order valence-electron chi connectivity index (χ1n) is 8.49. The molecule has 9 heteroatoms. The van der Waals surface area contributed by atoms with Crippen LogP contribution in [0.2, 0.25) is 0 Å². The molecule has 9 nitrogen and oxygen atoms in total. The normalized spacial score (nSPS) is 28.1. The van der Waals surface area contributed by atoms with Gasteiger partial charge in [0.05, 0.1) is 12.6 Å². The van der Waals surface area contributed by atoms with Crippen LogP contribution in [0, 0.1) is 0 Å². The Morgan fingerprint density at radius 2 is 1.88 bits per heavy atom. The Balaban J connectivity index is 2.32. The van der Waals surface area contributed by atoms with Gasteiger partial charge in [-0.05, 0) is 39.2 Å². The summed E-state index contributed by atoms with van der Waals surface area (Å²) >= 11 is 0. The van der Waals surface area contributed by atoms with Crippen molar-refractivity contribution in [1.29, 1.82) is 0 Å². The predicted octanol–water partition coefficient (Wildman–Crippen LogP) is -0.712. The van der Waals surface area contributed by atoms with E-state index in [1.807, 2.05) is 0 Å². The standard InChI is InChI=1S/C16H25N3O6/c1-10(17)8-12(20)19-7-3-5-16(19,15(24)25)14(23)11-4-2-6-18(11)9-13(21)22/h10-11H,2-9,17H2,1H3,(H,21,22)(H,24,25)/t10?,11-,16+/m0/s1. The Morgan fingerprint density at radius 1 is 1.20 bits per heavy atom. The highest BCUT2D eigenvalue weighted by atomic mass is 16.4. The molecule has 3 atom stereocenters. The van der Waals surface area contributed by atoms with Crippen molar-refractivity contribution >= 4 is 23.6 Å². The molecule has 1 unspecified atom stereocenters. The maximum atomic E-state index is 13.2. The number of carboxylic acids is 2. The maximum absolute atomic E-state index is 13.2. The maximum Gasteiger partial charge on any atom is 0.337 e. The zero-order valence-corrected chi connectivity index (χ0v) is 14.3. The van der Waals surface area contributed by atoms with Gasteiger partial charge >= 0.3 is 11.9 Å². The monoisotopic (exact) mass is 355 g/mol. The van der Waals surface area contributed by atoms with Crippen molar-refractivity contribution in [2.75, 3.05) is 19.6 Å². The SMILES string of the molecule is CC(N)CC(=O)N1CCC[C@]1(C(=O)O)C(=O)[C@@H]1CCCN1CC(=O)O. The number of aliphatic carboxylic acids is 2. The van der Waals surface area contributed by atoms with Crippen LogP contribution in [-0.4, -0.2) is 80.9 Å².